The molecule has 0 aliphatic heterocycles. The van der Waals surface area contributed by atoms with Crippen LogP contribution in [0.1, 0.15) is 20.3 Å². The van der Waals surface area contributed by atoms with Crippen molar-refractivity contribution >= 4 is 5.91 Å². The number of hydrogen-bond acceptors (Lipinski definition) is 4. The van der Waals surface area contributed by atoms with Crippen molar-refractivity contribution in [2.24, 2.45) is 0 Å². The third kappa shape index (κ3) is 5.65. The van der Waals surface area contributed by atoms with E-state index in [4.69, 9.17) is 10.2 Å². The molecule has 0 aromatic carbocycles. The lowest BCUT2D eigenvalue weighted by atomic mass is 9.97. The fourth-order valence-corrected chi connectivity index (χ4v) is 1.33. The fraction of sp³-hybridized carbons (Fsp3) is 0.900. The second-order valence-electron chi connectivity index (χ2n) is 4.15. The summed E-state index contributed by atoms with van der Waals surface area (Å²) in [5, 5.41) is 22.6. The van der Waals surface area contributed by atoms with Crippen LogP contribution in [-0.4, -0.2) is 53.6 Å². The fourth-order valence-electron chi connectivity index (χ4n) is 1.33. The molecule has 0 spiro atoms. The molecule has 5 nitrogen and oxygen atoms in total. The van der Waals surface area contributed by atoms with Gasteiger partial charge in [-0.05, 0) is 13.3 Å². The minimum Gasteiger partial charge on any atom is -0.394 e. The molecule has 0 saturated heterocycles. The molecule has 0 heterocycles. The smallest absolute Gasteiger partial charge is 0.394 e. The standard InChI is InChI=1S/C10H19F3N2O3/c1-3-9(5-16,6-17)15-7(2)8(18)14-4-10(11,12)13/h7,15-17H,3-6H2,1-2H3,(H,14,18). The molecule has 1 amide bonds. The van der Waals surface area contributed by atoms with Gasteiger partial charge in [0.1, 0.15) is 6.54 Å². The molecule has 18 heavy (non-hydrogen) atoms. The van der Waals surface area contributed by atoms with Gasteiger partial charge < -0.3 is 15.5 Å². The highest BCUT2D eigenvalue weighted by atomic mass is 19.4. The van der Waals surface area contributed by atoms with Gasteiger partial charge in [-0.1, -0.05) is 6.92 Å². The van der Waals surface area contributed by atoms with E-state index < -0.39 is 43.4 Å². The molecular weight excluding hydrogens is 253 g/mol. The Labute approximate surface area is 103 Å². The van der Waals surface area contributed by atoms with Crippen LogP contribution < -0.4 is 10.6 Å². The number of aliphatic hydroxyl groups is 2. The predicted octanol–water partition coefficient (Wildman–Crippen LogP) is -0.224. The number of rotatable bonds is 7. The topological polar surface area (TPSA) is 81.6 Å². The summed E-state index contributed by atoms with van der Waals surface area (Å²) in [5.74, 6) is -0.841. The summed E-state index contributed by atoms with van der Waals surface area (Å²) in [6, 6.07) is -0.952. The van der Waals surface area contributed by atoms with Gasteiger partial charge in [-0.2, -0.15) is 13.2 Å². The van der Waals surface area contributed by atoms with Gasteiger partial charge in [0.05, 0.1) is 24.8 Å². The molecule has 8 heteroatoms. The van der Waals surface area contributed by atoms with Crippen molar-refractivity contribution < 1.29 is 28.2 Å². The van der Waals surface area contributed by atoms with Crippen molar-refractivity contribution in [1.29, 1.82) is 0 Å². The number of nitrogens with one attached hydrogen (secondary N) is 2. The molecule has 0 rings (SSSR count). The first-order valence-corrected chi connectivity index (χ1v) is 5.53. The van der Waals surface area contributed by atoms with Crippen molar-refractivity contribution in [2.75, 3.05) is 19.8 Å². The average molecular weight is 272 g/mol. The highest BCUT2D eigenvalue weighted by molar-refractivity contribution is 5.81. The van der Waals surface area contributed by atoms with Crippen LogP contribution in [0, 0.1) is 0 Å². The second kappa shape index (κ2) is 6.91. The Hall–Kier alpha value is -0.860. The second-order valence-corrected chi connectivity index (χ2v) is 4.15. The molecular formula is C10H19F3N2O3. The van der Waals surface area contributed by atoms with Crippen LogP contribution in [0.5, 0.6) is 0 Å². The van der Waals surface area contributed by atoms with E-state index in [0.29, 0.717) is 6.42 Å². The minimum atomic E-state index is -4.47. The summed E-state index contributed by atoms with van der Waals surface area (Å²) >= 11 is 0. The molecule has 0 aromatic heterocycles. The quantitative estimate of drug-likeness (QED) is 0.516. The molecule has 108 valence electrons. The van der Waals surface area contributed by atoms with Gasteiger partial charge in [0.15, 0.2) is 0 Å². The molecule has 1 unspecified atom stereocenters. The maximum absolute atomic E-state index is 11.9. The normalized spacial score (nSPS) is 14.4. The van der Waals surface area contributed by atoms with E-state index in [1.807, 2.05) is 0 Å². The molecule has 0 radical (unpaired) electrons. The van der Waals surface area contributed by atoms with E-state index in [9.17, 15) is 18.0 Å². The zero-order valence-electron chi connectivity index (χ0n) is 10.3. The Morgan fingerprint density at radius 1 is 1.28 bits per heavy atom. The molecule has 0 saturated carbocycles. The zero-order chi connectivity index (χ0) is 14.4. The highest BCUT2D eigenvalue weighted by Gasteiger charge is 2.32. The Bertz CT molecular complexity index is 259. The maximum atomic E-state index is 11.9. The molecule has 0 aliphatic carbocycles. The molecule has 4 N–H and O–H groups in total. The van der Waals surface area contributed by atoms with E-state index in [0.717, 1.165) is 0 Å². The van der Waals surface area contributed by atoms with Gasteiger partial charge in [-0.3, -0.25) is 10.1 Å². The van der Waals surface area contributed by atoms with Crippen molar-refractivity contribution in [3.05, 3.63) is 0 Å². The van der Waals surface area contributed by atoms with Crippen LogP contribution in [0.4, 0.5) is 13.2 Å². The van der Waals surface area contributed by atoms with E-state index in [-0.39, 0.29) is 0 Å². The van der Waals surface area contributed by atoms with Gasteiger partial charge in [0.25, 0.3) is 0 Å². The molecule has 0 aromatic rings. The van der Waals surface area contributed by atoms with Crippen LogP contribution in [0.15, 0.2) is 0 Å². The first-order chi connectivity index (χ1) is 8.19. The van der Waals surface area contributed by atoms with Crippen molar-refractivity contribution in [2.45, 2.75) is 38.0 Å². The van der Waals surface area contributed by atoms with Crippen LogP contribution >= 0.6 is 0 Å². The average Bonchev–Trinajstić information content (AvgIpc) is 2.32. The number of halogens is 3. The van der Waals surface area contributed by atoms with Gasteiger partial charge >= 0.3 is 6.18 Å². The van der Waals surface area contributed by atoms with Crippen LogP contribution in [0.25, 0.3) is 0 Å². The number of alkyl halides is 3. The summed E-state index contributed by atoms with van der Waals surface area (Å²) in [4.78, 5) is 11.4. The van der Waals surface area contributed by atoms with E-state index in [2.05, 4.69) is 5.32 Å². The van der Waals surface area contributed by atoms with E-state index in [1.165, 1.54) is 6.92 Å². The van der Waals surface area contributed by atoms with Crippen molar-refractivity contribution in [3.63, 3.8) is 0 Å². The van der Waals surface area contributed by atoms with E-state index >= 15 is 0 Å². The number of amides is 1. The number of hydrogen-bond donors (Lipinski definition) is 4. The SMILES string of the molecule is CCC(CO)(CO)NC(C)C(=O)NCC(F)(F)F. The lowest BCUT2D eigenvalue weighted by Gasteiger charge is -2.32. The zero-order valence-corrected chi connectivity index (χ0v) is 10.3. The minimum absolute atomic E-state index is 0.330. The summed E-state index contributed by atoms with van der Waals surface area (Å²) in [7, 11) is 0. The number of aliphatic hydroxyl groups excluding tert-OH is 2. The Morgan fingerprint density at radius 2 is 1.78 bits per heavy atom. The monoisotopic (exact) mass is 272 g/mol. The van der Waals surface area contributed by atoms with Gasteiger partial charge in [-0.25, -0.2) is 0 Å². The molecule has 0 bridgehead atoms. The first-order valence-electron chi connectivity index (χ1n) is 5.53. The summed E-state index contributed by atoms with van der Waals surface area (Å²) in [6.45, 7) is 0.796. The lowest BCUT2D eigenvalue weighted by molar-refractivity contribution is -0.139. The number of carbonyl (C=O) groups excluding carboxylic acids is 1. The van der Waals surface area contributed by atoms with Gasteiger partial charge in [-0.15, -0.1) is 0 Å². The predicted molar refractivity (Wildman–Crippen MR) is 58.9 cm³/mol. The lowest BCUT2D eigenvalue weighted by Crippen LogP contribution is -2.58. The Morgan fingerprint density at radius 3 is 2.11 bits per heavy atom. The Kier molecular flexibility index (Phi) is 6.58. The summed E-state index contributed by atoms with van der Waals surface area (Å²) in [5.41, 5.74) is -1.07. The number of carbonyl (C=O) groups is 1. The van der Waals surface area contributed by atoms with Crippen LogP contribution in [0.2, 0.25) is 0 Å². The largest absolute Gasteiger partial charge is 0.405 e. The van der Waals surface area contributed by atoms with Crippen molar-refractivity contribution in [3.8, 4) is 0 Å². The molecule has 0 fully saturated rings. The molecule has 1 atom stereocenters. The maximum Gasteiger partial charge on any atom is 0.405 e. The van der Waals surface area contributed by atoms with Crippen LogP contribution in [-0.2, 0) is 4.79 Å². The third-order valence-electron chi connectivity index (χ3n) is 2.66. The first kappa shape index (κ1) is 17.1. The van der Waals surface area contributed by atoms with Gasteiger partial charge in [0.2, 0.25) is 5.91 Å². The van der Waals surface area contributed by atoms with Gasteiger partial charge in [0, 0.05) is 0 Å². The van der Waals surface area contributed by atoms with Crippen molar-refractivity contribution in [1.82, 2.24) is 10.6 Å². The van der Waals surface area contributed by atoms with E-state index in [1.54, 1.807) is 12.2 Å². The summed E-state index contributed by atoms with van der Waals surface area (Å²) in [6.07, 6.45) is -4.14. The molecule has 0 aliphatic rings. The van der Waals surface area contributed by atoms with Crippen LogP contribution in [0.3, 0.4) is 0 Å². The summed E-state index contributed by atoms with van der Waals surface area (Å²) < 4.78 is 35.7. The highest BCUT2D eigenvalue weighted by Crippen LogP contribution is 2.13. The third-order valence-corrected chi connectivity index (χ3v) is 2.66. The Balaban J connectivity index is 4.38.